The van der Waals surface area contributed by atoms with Crippen LogP contribution in [-0.4, -0.2) is 41.3 Å². The van der Waals surface area contributed by atoms with Gasteiger partial charge in [-0.05, 0) is 39.0 Å². The summed E-state index contributed by atoms with van der Waals surface area (Å²) in [5.74, 6) is 0.175. The van der Waals surface area contributed by atoms with Crippen LogP contribution in [0.4, 0.5) is 4.79 Å². The van der Waals surface area contributed by atoms with Gasteiger partial charge in [-0.25, -0.2) is 4.79 Å². The van der Waals surface area contributed by atoms with Crippen LogP contribution in [0.25, 0.3) is 0 Å². The molecule has 0 unspecified atom stereocenters. The summed E-state index contributed by atoms with van der Waals surface area (Å²) in [5.41, 5.74) is -0.426. The molecule has 2 aliphatic carbocycles. The molecule has 116 valence electrons. The van der Waals surface area contributed by atoms with Crippen LogP contribution in [0.15, 0.2) is 0 Å². The number of ketones is 2. The molecule has 2 spiro atoms. The summed E-state index contributed by atoms with van der Waals surface area (Å²) in [6.07, 6.45) is 2.76. The second kappa shape index (κ2) is 4.31. The van der Waals surface area contributed by atoms with E-state index in [0.717, 1.165) is 12.8 Å². The van der Waals surface area contributed by atoms with Crippen molar-refractivity contribution in [3.05, 3.63) is 0 Å². The zero-order chi connectivity index (χ0) is 15.5. The molecule has 1 saturated heterocycles. The van der Waals surface area contributed by atoms with Gasteiger partial charge < -0.3 is 9.64 Å². The van der Waals surface area contributed by atoms with Crippen LogP contribution in [0.1, 0.15) is 52.9 Å². The van der Waals surface area contributed by atoms with Crippen LogP contribution in [-0.2, 0) is 14.3 Å². The molecule has 1 heterocycles. The van der Waals surface area contributed by atoms with E-state index in [-0.39, 0.29) is 34.9 Å². The lowest BCUT2D eigenvalue weighted by Gasteiger charge is -2.64. The third kappa shape index (κ3) is 2.70. The molecule has 21 heavy (non-hydrogen) atoms. The minimum atomic E-state index is -0.469. The number of carbonyl (C=O) groups is 3. The van der Waals surface area contributed by atoms with Crippen LogP contribution in [0.3, 0.4) is 0 Å². The molecule has 1 aliphatic heterocycles. The number of ether oxygens (including phenoxy) is 1. The Bertz CT molecular complexity index is 485. The molecule has 0 bridgehead atoms. The third-order valence-electron chi connectivity index (χ3n) is 4.74. The maximum Gasteiger partial charge on any atom is 0.410 e. The van der Waals surface area contributed by atoms with E-state index in [4.69, 9.17) is 4.74 Å². The third-order valence-corrected chi connectivity index (χ3v) is 4.74. The van der Waals surface area contributed by atoms with Crippen LogP contribution < -0.4 is 0 Å². The second-order valence-corrected chi connectivity index (χ2v) is 8.30. The lowest BCUT2D eigenvalue weighted by molar-refractivity contribution is -0.164. The van der Waals surface area contributed by atoms with Gasteiger partial charge in [0.2, 0.25) is 0 Å². The van der Waals surface area contributed by atoms with Crippen molar-refractivity contribution in [1.82, 2.24) is 4.90 Å². The number of carbonyl (C=O) groups excluding carboxylic acids is 3. The van der Waals surface area contributed by atoms with Crippen molar-refractivity contribution in [3.63, 3.8) is 0 Å². The summed E-state index contributed by atoms with van der Waals surface area (Å²) < 4.78 is 5.35. The smallest absolute Gasteiger partial charge is 0.410 e. The van der Waals surface area contributed by atoms with Crippen molar-refractivity contribution in [2.75, 3.05) is 13.1 Å². The molecule has 0 aromatic rings. The maximum absolute atomic E-state index is 11.9. The fourth-order valence-electron chi connectivity index (χ4n) is 4.48. The normalized spacial score (nSPS) is 26.5. The quantitative estimate of drug-likeness (QED) is 0.643. The van der Waals surface area contributed by atoms with E-state index in [1.807, 2.05) is 20.8 Å². The van der Waals surface area contributed by atoms with Gasteiger partial charge in [-0.2, -0.15) is 0 Å². The van der Waals surface area contributed by atoms with Crippen molar-refractivity contribution in [1.29, 1.82) is 0 Å². The van der Waals surface area contributed by atoms with Gasteiger partial charge >= 0.3 is 6.09 Å². The van der Waals surface area contributed by atoms with Gasteiger partial charge in [0.05, 0.1) is 6.42 Å². The molecular weight excluding hydrogens is 270 g/mol. The highest BCUT2D eigenvalue weighted by molar-refractivity contribution is 6.02. The van der Waals surface area contributed by atoms with Crippen LogP contribution in [0.2, 0.25) is 0 Å². The summed E-state index contributed by atoms with van der Waals surface area (Å²) in [4.78, 5) is 36.9. The first-order valence-corrected chi connectivity index (χ1v) is 7.62. The predicted octanol–water partition coefficient (Wildman–Crippen LogP) is 2.33. The van der Waals surface area contributed by atoms with Gasteiger partial charge in [0, 0.05) is 31.3 Å². The fourth-order valence-corrected chi connectivity index (χ4v) is 4.48. The van der Waals surface area contributed by atoms with E-state index in [2.05, 4.69) is 0 Å². The molecular formula is C16H23NO4. The number of nitrogens with zero attached hydrogens (tertiary/aromatic N) is 1. The molecule has 5 nitrogen and oxygen atoms in total. The lowest BCUT2D eigenvalue weighted by Crippen LogP contribution is -2.68. The van der Waals surface area contributed by atoms with Crippen LogP contribution in [0, 0.1) is 10.8 Å². The standard InChI is InChI=1S/C16H23NO4/c1-14(2,3)21-13(20)17-9-16(10-17)7-15(8-16)5-11(18)4-12(19)6-15/h4-10H2,1-3H3. The summed E-state index contributed by atoms with van der Waals surface area (Å²) >= 11 is 0. The molecule has 0 N–H and O–H groups in total. The molecule has 2 saturated carbocycles. The molecule has 0 aromatic heterocycles. The zero-order valence-electron chi connectivity index (χ0n) is 13.0. The average Bonchev–Trinajstić information content (AvgIpc) is 2.17. The van der Waals surface area contributed by atoms with Gasteiger partial charge in [-0.1, -0.05) is 0 Å². The van der Waals surface area contributed by atoms with E-state index < -0.39 is 5.60 Å². The SMILES string of the molecule is CC(C)(C)OC(=O)N1CC2(C1)CC1(CC(=O)CC(=O)C1)C2. The second-order valence-electron chi connectivity index (χ2n) is 8.30. The van der Waals surface area contributed by atoms with Gasteiger partial charge in [-0.3, -0.25) is 9.59 Å². The summed E-state index contributed by atoms with van der Waals surface area (Å²) in [7, 11) is 0. The molecule has 0 atom stereocenters. The highest BCUT2D eigenvalue weighted by Crippen LogP contribution is 2.63. The van der Waals surface area contributed by atoms with E-state index in [1.165, 1.54) is 0 Å². The largest absolute Gasteiger partial charge is 0.444 e. The molecule has 0 aromatic carbocycles. The minimum Gasteiger partial charge on any atom is -0.444 e. The number of rotatable bonds is 0. The zero-order valence-corrected chi connectivity index (χ0v) is 13.0. The van der Waals surface area contributed by atoms with Crippen molar-refractivity contribution in [3.8, 4) is 0 Å². The Morgan fingerprint density at radius 1 is 1.05 bits per heavy atom. The Hall–Kier alpha value is -1.39. The first kappa shape index (κ1) is 14.5. The van der Waals surface area contributed by atoms with Crippen molar-refractivity contribution < 1.29 is 19.1 Å². The maximum atomic E-state index is 11.9. The molecule has 3 rings (SSSR count). The topological polar surface area (TPSA) is 63.7 Å². The van der Waals surface area contributed by atoms with E-state index in [0.29, 0.717) is 25.9 Å². The number of likely N-dealkylation sites (tertiary alicyclic amines) is 1. The predicted molar refractivity (Wildman–Crippen MR) is 75.8 cm³/mol. The van der Waals surface area contributed by atoms with Crippen LogP contribution in [0.5, 0.6) is 0 Å². The van der Waals surface area contributed by atoms with Crippen molar-refractivity contribution in [2.24, 2.45) is 10.8 Å². The van der Waals surface area contributed by atoms with Crippen LogP contribution >= 0.6 is 0 Å². The molecule has 3 fully saturated rings. The first-order chi connectivity index (χ1) is 9.61. The highest BCUT2D eigenvalue weighted by atomic mass is 16.6. The van der Waals surface area contributed by atoms with E-state index in [1.54, 1.807) is 4.90 Å². The van der Waals surface area contributed by atoms with Gasteiger partial charge in [0.25, 0.3) is 0 Å². The van der Waals surface area contributed by atoms with E-state index >= 15 is 0 Å². The number of hydrogen-bond acceptors (Lipinski definition) is 4. The lowest BCUT2D eigenvalue weighted by atomic mass is 9.46. The molecule has 0 radical (unpaired) electrons. The Kier molecular flexibility index (Phi) is 2.98. The molecule has 1 amide bonds. The van der Waals surface area contributed by atoms with Gasteiger partial charge in [0.15, 0.2) is 0 Å². The van der Waals surface area contributed by atoms with Crippen molar-refractivity contribution in [2.45, 2.75) is 58.5 Å². The Balaban J connectivity index is 1.53. The first-order valence-electron chi connectivity index (χ1n) is 7.62. The number of amides is 1. The Morgan fingerprint density at radius 3 is 2.05 bits per heavy atom. The molecule has 3 aliphatic rings. The summed E-state index contributed by atoms with van der Waals surface area (Å²) in [5, 5.41) is 0. The Labute approximate surface area is 125 Å². The monoisotopic (exact) mass is 293 g/mol. The van der Waals surface area contributed by atoms with Crippen molar-refractivity contribution >= 4 is 17.7 Å². The average molecular weight is 293 g/mol. The fraction of sp³-hybridized carbons (Fsp3) is 0.812. The number of Topliss-reactive ketones (excluding diaryl/α,β-unsaturated/α-hetero) is 2. The van der Waals surface area contributed by atoms with Gasteiger partial charge in [-0.15, -0.1) is 0 Å². The summed E-state index contributed by atoms with van der Waals surface area (Å²) in [6.45, 7) is 6.98. The molecule has 5 heteroatoms. The summed E-state index contributed by atoms with van der Waals surface area (Å²) in [6, 6.07) is 0. The Morgan fingerprint density at radius 2 is 1.57 bits per heavy atom. The number of hydrogen-bond donors (Lipinski definition) is 0. The highest BCUT2D eigenvalue weighted by Gasteiger charge is 2.62. The minimum absolute atomic E-state index is 0.0874. The van der Waals surface area contributed by atoms with E-state index in [9.17, 15) is 14.4 Å². The van der Waals surface area contributed by atoms with Gasteiger partial charge in [0.1, 0.15) is 17.2 Å².